The van der Waals surface area contributed by atoms with Crippen molar-refractivity contribution in [1.29, 1.82) is 0 Å². The molecule has 9 aromatic carbocycles. The number of nitrogens with zero attached hydrogens (tertiary/aromatic N) is 1. The van der Waals surface area contributed by atoms with Gasteiger partial charge in [-0.05, 0) is 113 Å². The average Bonchev–Trinajstić information content (AvgIpc) is 3.65. The second-order valence-electron chi connectivity index (χ2n) is 14.9. The van der Waals surface area contributed by atoms with Gasteiger partial charge in [-0.15, -0.1) is 0 Å². The zero-order valence-corrected chi connectivity index (χ0v) is 29.2. The Morgan fingerprint density at radius 2 is 0.885 bits per heavy atom. The van der Waals surface area contributed by atoms with Gasteiger partial charge >= 0.3 is 0 Å². The molecule has 0 aliphatic heterocycles. The second-order valence-corrected chi connectivity index (χ2v) is 14.9. The van der Waals surface area contributed by atoms with Crippen LogP contribution in [0.25, 0.3) is 93.2 Å². The first-order valence-electron chi connectivity index (χ1n) is 18.3. The molecule has 0 atom stereocenters. The molecule has 52 heavy (non-hydrogen) atoms. The molecule has 0 saturated carbocycles. The fourth-order valence-electron chi connectivity index (χ4n) is 9.21. The van der Waals surface area contributed by atoms with Crippen LogP contribution in [0.15, 0.2) is 176 Å². The van der Waals surface area contributed by atoms with Crippen molar-refractivity contribution in [1.82, 2.24) is 4.57 Å². The Morgan fingerprint density at radius 3 is 1.60 bits per heavy atom. The van der Waals surface area contributed by atoms with Gasteiger partial charge in [-0.25, -0.2) is 0 Å². The second kappa shape index (κ2) is 10.8. The van der Waals surface area contributed by atoms with E-state index in [0.29, 0.717) is 0 Å². The molecule has 0 N–H and O–H groups in total. The molecule has 0 radical (unpaired) electrons. The molecule has 0 bridgehead atoms. The van der Waals surface area contributed by atoms with Crippen molar-refractivity contribution in [3.05, 3.63) is 187 Å². The molecule has 0 amide bonds. The standard InChI is InChI=1S/C51H35N/c1-51(2)47-20-9-7-18-42(47)45-31-50-46(30-48(45)51)43-19-8-10-21-49(43)52(50)36-13-11-12-34(28-36)32-22-24-33(25-23-32)35-26-27-41-39-16-4-3-14-37(39)38-15-5-6-17-40(38)44(41)29-35/h3-31H,1-2H3. The predicted molar refractivity (Wildman–Crippen MR) is 222 cm³/mol. The number of rotatable bonds is 3. The molecule has 0 unspecified atom stereocenters. The Bertz CT molecular complexity index is 3050. The van der Waals surface area contributed by atoms with Gasteiger partial charge in [-0.1, -0.05) is 153 Å². The number of para-hydroxylation sites is 1. The van der Waals surface area contributed by atoms with Crippen molar-refractivity contribution in [3.8, 4) is 39.1 Å². The summed E-state index contributed by atoms with van der Waals surface area (Å²) in [7, 11) is 0. The van der Waals surface area contributed by atoms with E-state index in [0.717, 1.165) is 0 Å². The summed E-state index contributed by atoms with van der Waals surface area (Å²) < 4.78 is 2.46. The van der Waals surface area contributed by atoms with Gasteiger partial charge in [-0.2, -0.15) is 0 Å². The maximum absolute atomic E-state index is 2.46. The molecule has 1 nitrogen and oxygen atoms in total. The van der Waals surface area contributed by atoms with Crippen LogP contribution in [-0.4, -0.2) is 4.57 Å². The third-order valence-electron chi connectivity index (χ3n) is 11.8. The van der Waals surface area contributed by atoms with Gasteiger partial charge in [0, 0.05) is 21.9 Å². The molecule has 0 spiro atoms. The first kappa shape index (κ1) is 29.3. The minimum atomic E-state index is -0.0373. The first-order valence-corrected chi connectivity index (χ1v) is 18.3. The maximum Gasteiger partial charge on any atom is 0.0547 e. The lowest BCUT2D eigenvalue weighted by Crippen LogP contribution is -2.14. The SMILES string of the molecule is CC1(C)c2ccccc2-c2cc3c(cc21)c1ccccc1n3-c1cccc(-c2ccc(-c3ccc4c5ccccc5c5ccccc5c4c3)cc2)c1. The molecule has 0 saturated heterocycles. The summed E-state index contributed by atoms with van der Waals surface area (Å²) in [6, 6.07) is 65.3. The van der Waals surface area contributed by atoms with Crippen molar-refractivity contribution in [2.24, 2.45) is 0 Å². The normalized spacial score (nSPS) is 13.3. The molecule has 0 fully saturated rings. The van der Waals surface area contributed by atoms with E-state index in [2.05, 4.69) is 194 Å². The van der Waals surface area contributed by atoms with E-state index in [1.165, 1.54) is 104 Å². The molecular formula is C51H35N. The van der Waals surface area contributed by atoms with Crippen LogP contribution in [0.1, 0.15) is 25.0 Å². The molecule has 1 heteroatoms. The molecule has 1 heterocycles. The fourth-order valence-corrected chi connectivity index (χ4v) is 9.21. The topological polar surface area (TPSA) is 4.93 Å². The van der Waals surface area contributed by atoms with Crippen LogP contribution in [0.3, 0.4) is 0 Å². The maximum atomic E-state index is 2.46. The Kier molecular flexibility index (Phi) is 6.08. The van der Waals surface area contributed by atoms with Crippen molar-refractivity contribution >= 4 is 54.1 Å². The summed E-state index contributed by atoms with van der Waals surface area (Å²) >= 11 is 0. The van der Waals surface area contributed by atoms with E-state index in [9.17, 15) is 0 Å². The van der Waals surface area contributed by atoms with E-state index in [1.807, 2.05) is 0 Å². The highest BCUT2D eigenvalue weighted by atomic mass is 15.0. The van der Waals surface area contributed by atoms with E-state index >= 15 is 0 Å². The van der Waals surface area contributed by atoms with Crippen molar-refractivity contribution in [2.75, 3.05) is 0 Å². The Balaban J connectivity index is 1.02. The Labute approximate surface area is 303 Å². The smallest absolute Gasteiger partial charge is 0.0547 e. The molecule has 244 valence electrons. The fraction of sp³-hybridized carbons (Fsp3) is 0.0588. The van der Waals surface area contributed by atoms with Crippen LogP contribution in [0.4, 0.5) is 0 Å². The molecule has 11 rings (SSSR count). The summed E-state index contributed by atoms with van der Waals surface area (Å²) in [5.41, 5.74) is 14.0. The number of fused-ring (bicyclic) bond motifs is 12. The predicted octanol–water partition coefficient (Wildman–Crippen LogP) is 13.9. The Morgan fingerprint density at radius 1 is 0.327 bits per heavy atom. The van der Waals surface area contributed by atoms with Gasteiger partial charge in [0.05, 0.1) is 11.0 Å². The zero-order valence-electron chi connectivity index (χ0n) is 29.2. The van der Waals surface area contributed by atoms with Crippen molar-refractivity contribution in [3.63, 3.8) is 0 Å². The number of aromatic nitrogens is 1. The first-order chi connectivity index (χ1) is 25.5. The number of benzene rings is 9. The molecule has 1 aliphatic carbocycles. The zero-order chi connectivity index (χ0) is 34.6. The molecule has 1 aromatic heterocycles. The van der Waals surface area contributed by atoms with Gasteiger partial charge in [-0.3, -0.25) is 0 Å². The van der Waals surface area contributed by atoms with Crippen molar-refractivity contribution in [2.45, 2.75) is 19.3 Å². The lowest BCUT2D eigenvalue weighted by Gasteiger charge is -2.21. The van der Waals surface area contributed by atoms with Gasteiger partial charge in [0.15, 0.2) is 0 Å². The quantitative estimate of drug-likeness (QED) is 0.166. The van der Waals surface area contributed by atoms with Crippen LogP contribution in [0, 0.1) is 0 Å². The lowest BCUT2D eigenvalue weighted by molar-refractivity contribution is 0.661. The minimum Gasteiger partial charge on any atom is -0.309 e. The Hall–Kier alpha value is -6.44. The third-order valence-corrected chi connectivity index (χ3v) is 11.8. The summed E-state index contributed by atoms with van der Waals surface area (Å²) in [6.45, 7) is 4.72. The van der Waals surface area contributed by atoms with E-state index in [-0.39, 0.29) is 5.41 Å². The number of hydrogen-bond donors (Lipinski definition) is 0. The highest BCUT2D eigenvalue weighted by molar-refractivity contribution is 6.25. The van der Waals surface area contributed by atoms with Crippen LogP contribution >= 0.6 is 0 Å². The third kappa shape index (κ3) is 4.11. The largest absolute Gasteiger partial charge is 0.309 e. The van der Waals surface area contributed by atoms with Gasteiger partial charge < -0.3 is 4.57 Å². The summed E-state index contributed by atoms with van der Waals surface area (Å²) in [5, 5.41) is 10.4. The highest BCUT2D eigenvalue weighted by Gasteiger charge is 2.36. The average molecular weight is 662 g/mol. The molecular weight excluding hydrogens is 627 g/mol. The molecule has 10 aromatic rings. The highest BCUT2D eigenvalue weighted by Crippen LogP contribution is 2.51. The number of hydrogen-bond acceptors (Lipinski definition) is 0. The van der Waals surface area contributed by atoms with Crippen LogP contribution in [-0.2, 0) is 5.41 Å². The lowest BCUT2D eigenvalue weighted by atomic mass is 9.82. The summed E-state index contributed by atoms with van der Waals surface area (Å²) in [6.07, 6.45) is 0. The van der Waals surface area contributed by atoms with E-state index in [1.54, 1.807) is 0 Å². The van der Waals surface area contributed by atoms with Crippen LogP contribution in [0.5, 0.6) is 0 Å². The van der Waals surface area contributed by atoms with E-state index < -0.39 is 0 Å². The van der Waals surface area contributed by atoms with Gasteiger partial charge in [0.1, 0.15) is 0 Å². The summed E-state index contributed by atoms with van der Waals surface area (Å²) in [4.78, 5) is 0. The van der Waals surface area contributed by atoms with Crippen LogP contribution < -0.4 is 0 Å². The monoisotopic (exact) mass is 661 g/mol. The van der Waals surface area contributed by atoms with Gasteiger partial charge in [0.25, 0.3) is 0 Å². The van der Waals surface area contributed by atoms with Crippen LogP contribution in [0.2, 0.25) is 0 Å². The van der Waals surface area contributed by atoms with Crippen molar-refractivity contribution < 1.29 is 0 Å². The minimum absolute atomic E-state index is 0.0373. The van der Waals surface area contributed by atoms with E-state index in [4.69, 9.17) is 0 Å². The van der Waals surface area contributed by atoms with Gasteiger partial charge in [0.2, 0.25) is 0 Å². The molecule has 1 aliphatic rings. The summed E-state index contributed by atoms with van der Waals surface area (Å²) in [5.74, 6) is 0.